The number of nitrogens with zero attached hydrogens (tertiary/aromatic N) is 2. The summed E-state index contributed by atoms with van der Waals surface area (Å²) in [5.74, 6) is 0. The summed E-state index contributed by atoms with van der Waals surface area (Å²) in [6.07, 6.45) is 6.06. The molecule has 4 nitrogen and oxygen atoms in total. The van der Waals surface area contributed by atoms with Gasteiger partial charge in [0, 0.05) is 6.42 Å². The van der Waals surface area contributed by atoms with E-state index >= 15 is 0 Å². The summed E-state index contributed by atoms with van der Waals surface area (Å²) in [5.41, 5.74) is 1.03. The first-order valence-corrected chi connectivity index (χ1v) is 4.72. The van der Waals surface area contributed by atoms with Crippen molar-refractivity contribution in [2.45, 2.75) is 12.6 Å². The van der Waals surface area contributed by atoms with Crippen molar-refractivity contribution in [3.63, 3.8) is 0 Å². The van der Waals surface area contributed by atoms with E-state index in [1.807, 2.05) is 36.4 Å². The molecule has 0 aliphatic carbocycles. The predicted molar refractivity (Wildman–Crippen MR) is 60.1 cm³/mol. The van der Waals surface area contributed by atoms with Gasteiger partial charge in [0.05, 0.1) is 0 Å². The summed E-state index contributed by atoms with van der Waals surface area (Å²) in [4.78, 5) is 26.8. The molecule has 0 radical (unpaired) electrons. The first-order chi connectivity index (χ1) is 7.86. The SMILES string of the molecule is O=C=NC(CC=Cc1ccccc1)N=C=O. The van der Waals surface area contributed by atoms with E-state index in [-0.39, 0.29) is 0 Å². The maximum absolute atomic E-state index is 10.0. The summed E-state index contributed by atoms with van der Waals surface area (Å²) < 4.78 is 0. The number of rotatable bonds is 5. The molecule has 16 heavy (non-hydrogen) atoms. The van der Waals surface area contributed by atoms with Crippen molar-refractivity contribution in [1.29, 1.82) is 0 Å². The molecule has 0 fully saturated rings. The highest BCUT2D eigenvalue weighted by Gasteiger charge is 1.99. The van der Waals surface area contributed by atoms with Crippen LogP contribution in [0.1, 0.15) is 12.0 Å². The van der Waals surface area contributed by atoms with E-state index in [4.69, 9.17) is 0 Å². The van der Waals surface area contributed by atoms with Gasteiger partial charge in [0.25, 0.3) is 0 Å². The number of carbonyl (C=O) groups excluding carboxylic acids is 2. The zero-order valence-electron chi connectivity index (χ0n) is 8.54. The maximum atomic E-state index is 10.0. The van der Waals surface area contributed by atoms with Gasteiger partial charge >= 0.3 is 0 Å². The van der Waals surface area contributed by atoms with Crippen LogP contribution in [0.25, 0.3) is 6.08 Å². The van der Waals surface area contributed by atoms with Gasteiger partial charge in [-0.2, -0.15) is 9.98 Å². The Morgan fingerprint density at radius 1 is 1.12 bits per heavy atom. The van der Waals surface area contributed by atoms with Crippen LogP contribution in [-0.2, 0) is 9.59 Å². The third kappa shape index (κ3) is 4.29. The van der Waals surface area contributed by atoms with Crippen molar-refractivity contribution in [1.82, 2.24) is 0 Å². The lowest BCUT2D eigenvalue weighted by Crippen LogP contribution is -1.96. The minimum Gasteiger partial charge on any atom is -0.211 e. The van der Waals surface area contributed by atoms with Crippen LogP contribution in [0.2, 0.25) is 0 Å². The lowest BCUT2D eigenvalue weighted by atomic mass is 10.2. The fourth-order valence-electron chi connectivity index (χ4n) is 1.15. The van der Waals surface area contributed by atoms with E-state index < -0.39 is 6.17 Å². The van der Waals surface area contributed by atoms with Crippen LogP contribution >= 0.6 is 0 Å². The molecule has 0 amide bonds. The topological polar surface area (TPSA) is 58.9 Å². The van der Waals surface area contributed by atoms with Crippen molar-refractivity contribution in [2.24, 2.45) is 9.98 Å². The van der Waals surface area contributed by atoms with Crippen molar-refractivity contribution in [3.05, 3.63) is 42.0 Å². The molecule has 80 valence electrons. The molecule has 0 aromatic heterocycles. The highest BCUT2D eigenvalue weighted by molar-refractivity contribution is 5.48. The van der Waals surface area contributed by atoms with Crippen LogP contribution in [-0.4, -0.2) is 18.3 Å². The Bertz CT molecular complexity index is 423. The van der Waals surface area contributed by atoms with E-state index in [1.54, 1.807) is 6.08 Å². The molecule has 4 heteroatoms. The number of hydrogen-bond donors (Lipinski definition) is 0. The van der Waals surface area contributed by atoms with Gasteiger partial charge in [-0.05, 0) is 5.56 Å². The van der Waals surface area contributed by atoms with E-state index in [0.29, 0.717) is 6.42 Å². The van der Waals surface area contributed by atoms with E-state index in [0.717, 1.165) is 5.56 Å². The Kier molecular flexibility index (Phi) is 5.21. The standard InChI is InChI=1S/C12H10N2O2/c15-9-13-12(14-10-16)8-4-7-11-5-2-1-3-6-11/h1-7,12H,8H2. The molecule has 0 N–H and O–H groups in total. The fourth-order valence-corrected chi connectivity index (χ4v) is 1.15. The van der Waals surface area contributed by atoms with E-state index in [2.05, 4.69) is 9.98 Å². The molecule has 1 aromatic rings. The Balaban J connectivity index is 2.58. The largest absolute Gasteiger partial charge is 0.237 e. The van der Waals surface area contributed by atoms with Gasteiger partial charge in [-0.1, -0.05) is 42.5 Å². The van der Waals surface area contributed by atoms with E-state index in [9.17, 15) is 9.59 Å². The number of isocyanates is 2. The molecular weight excluding hydrogens is 204 g/mol. The summed E-state index contributed by atoms with van der Waals surface area (Å²) in [6, 6.07) is 9.65. The Hall–Kier alpha value is -2.28. The molecule has 0 heterocycles. The Morgan fingerprint density at radius 2 is 1.75 bits per heavy atom. The number of benzene rings is 1. The zero-order valence-corrected chi connectivity index (χ0v) is 8.54. The summed E-state index contributed by atoms with van der Waals surface area (Å²) in [7, 11) is 0. The third-order valence-corrected chi connectivity index (χ3v) is 1.86. The average molecular weight is 214 g/mol. The predicted octanol–water partition coefficient (Wildman–Crippen LogP) is 2.09. The fraction of sp³-hybridized carbons (Fsp3) is 0.167. The van der Waals surface area contributed by atoms with E-state index in [1.165, 1.54) is 12.2 Å². The molecule has 1 aromatic carbocycles. The van der Waals surface area contributed by atoms with Gasteiger partial charge in [0.2, 0.25) is 12.2 Å². The minimum absolute atomic E-state index is 0.374. The van der Waals surface area contributed by atoms with Gasteiger partial charge in [-0.3, -0.25) is 0 Å². The summed E-state index contributed by atoms with van der Waals surface area (Å²) in [6.45, 7) is 0. The highest BCUT2D eigenvalue weighted by atomic mass is 16.1. The average Bonchev–Trinajstić information content (AvgIpc) is 2.31. The van der Waals surface area contributed by atoms with Crippen LogP contribution in [0.4, 0.5) is 0 Å². The van der Waals surface area contributed by atoms with Crippen molar-refractivity contribution in [3.8, 4) is 0 Å². The first kappa shape index (κ1) is 11.8. The van der Waals surface area contributed by atoms with Crippen LogP contribution in [0.5, 0.6) is 0 Å². The number of aliphatic imine (C=N–C) groups is 2. The molecule has 0 aliphatic rings. The molecule has 0 saturated carbocycles. The molecule has 0 unspecified atom stereocenters. The molecule has 0 atom stereocenters. The molecule has 0 spiro atoms. The second-order valence-electron chi connectivity index (χ2n) is 2.97. The smallest absolute Gasteiger partial charge is 0.211 e. The van der Waals surface area contributed by atoms with Gasteiger partial charge in [-0.25, -0.2) is 9.59 Å². The quantitative estimate of drug-likeness (QED) is 0.556. The van der Waals surface area contributed by atoms with Gasteiger partial charge < -0.3 is 0 Å². The monoisotopic (exact) mass is 214 g/mol. The van der Waals surface area contributed by atoms with Crippen LogP contribution < -0.4 is 0 Å². The molecule has 0 aliphatic heterocycles. The third-order valence-electron chi connectivity index (χ3n) is 1.86. The second-order valence-corrected chi connectivity index (χ2v) is 2.97. The normalized spacial score (nSPS) is 11.5. The van der Waals surface area contributed by atoms with Gasteiger partial charge in [0.15, 0.2) is 6.17 Å². The van der Waals surface area contributed by atoms with Crippen molar-refractivity contribution in [2.75, 3.05) is 0 Å². The molecule has 0 bridgehead atoms. The van der Waals surface area contributed by atoms with Crippen LogP contribution in [0.3, 0.4) is 0 Å². The maximum Gasteiger partial charge on any atom is 0.237 e. The van der Waals surface area contributed by atoms with Crippen molar-refractivity contribution >= 4 is 18.2 Å². The Morgan fingerprint density at radius 3 is 2.31 bits per heavy atom. The Labute approximate surface area is 93.0 Å². The first-order valence-electron chi connectivity index (χ1n) is 4.72. The lowest BCUT2D eigenvalue weighted by molar-refractivity contribution is 0.550. The van der Waals surface area contributed by atoms with Crippen molar-refractivity contribution < 1.29 is 9.59 Å². The molecule has 1 rings (SSSR count). The summed E-state index contributed by atoms with van der Waals surface area (Å²) in [5, 5.41) is 0. The van der Waals surface area contributed by atoms with Gasteiger partial charge in [-0.15, -0.1) is 0 Å². The second kappa shape index (κ2) is 7.07. The van der Waals surface area contributed by atoms with Gasteiger partial charge in [0.1, 0.15) is 0 Å². The highest BCUT2D eigenvalue weighted by Crippen LogP contribution is 2.05. The summed E-state index contributed by atoms with van der Waals surface area (Å²) >= 11 is 0. The molecular formula is C12H10N2O2. The zero-order chi connectivity index (χ0) is 11.6. The molecule has 0 saturated heterocycles. The minimum atomic E-state index is -0.713. The lowest BCUT2D eigenvalue weighted by Gasteiger charge is -1.97. The number of hydrogen-bond acceptors (Lipinski definition) is 4. The van der Waals surface area contributed by atoms with Crippen LogP contribution in [0.15, 0.2) is 46.4 Å². The van der Waals surface area contributed by atoms with Crippen LogP contribution in [0, 0.1) is 0 Å².